The topological polar surface area (TPSA) is 15.3 Å². The number of hydrogen-bond acceptors (Lipinski definition) is 2. The van der Waals surface area contributed by atoms with Gasteiger partial charge in [0.05, 0.1) is 0 Å². The van der Waals surface area contributed by atoms with Crippen LogP contribution in [0.25, 0.3) is 0 Å². The lowest BCUT2D eigenvalue weighted by atomic mass is 9.87. The molecule has 1 aromatic carbocycles. The summed E-state index contributed by atoms with van der Waals surface area (Å²) in [6.07, 6.45) is 5.47. The molecular formula is C17H25BrN2. The smallest absolute Gasteiger partial charge is 0.0309 e. The molecule has 0 radical (unpaired) electrons. The van der Waals surface area contributed by atoms with E-state index in [0.717, 1.165) is 17.6 Å². The van der Waals surface area contributed by atoms with Crippen molar-refractivity contribution in [1.29, 1.82) is 0 Å². The SMILES string of the molecule is CC1(C)CNC2(CCCC2)CN1Cc1ccc(Br)cc1. The summed E-state index contributed by atoms with van der Waals surface area (Å²) in [7, 11) is 0. The zero-order chi connectivity index (χ0) is 14.2. The maximum absolute atomic E-state index is 3.86. The average Bonchev–Trinajstić information content (AvgIpc) is 2.86. The molecular weight excluding hydrogens is 312 g/mol. The van der Waals surface area contributed by atoms with Crippen molar-refractivity contribution in [2.45, 2.75) is 57.2 Å². The Kier molecular flexibility index (Phi) is 3.95. The standard InChI is InChI=1S/C17H25BrN2/c1-16(2)12-19-17(9-3-4-10-17)13-20(16)11-14-5-7-15(18)8-6-14/h5-8,19H,3-4,9-13H2,1-2H3. The highest BCUT2D eigenvalue weighted by atomic mass is 79.9. The first-order valence-corrected chi connectivity index (χ1v) is 8.53. The molecule has 1 saturated heterocycles. The van der Waals surface area contributed by atoms with Crippen LogP contribution >= 0.6 is 15.9 Å². The Morgan fingerprint density at radius 2 is 1.80 bits per heavy atom. The molecule has 3 rings (SSSR count). The lowest BCUT2D eigenvalue weighted by molar-refractivity contribution is 0.0217. The Morgan fingerprint density at radius 1 is 1.15 bits per heavy atom. The van der Waals surface area contributed by atoms with Crippen molar-refractivity contribution >= 4 is 15.9 Å². The lowest BCUT2D eigenvalue weighted by Crippen LogP contribution is -2.66. The van der Waals surface area contributed by atoms with Crippen LogP contribution < -0.4 is 5.32 Å². The van der Waals surface area contributed by atoms with Gasteiger partial charge in [-0.3, -0.25) is 4.90 Å². The summed E-state index contributed by atoms with van der Waals surface area (Å²) in [5.41, 5.74) is 2.04. The molecule has 2 aliphatic rings. The molecule has 2 fully saturated rings. The minimum Gasteiger partial charge on any atom is -0.308 e. The molecule has 1 aromatic rings. The first kappa shape index (κ1) is 14.6. The van der Waals surface area contributed by atoms with Gasteiger partial charge in [0.25, 0.3) is 0 Å². The molecule has 0 bridgehead atoms. The van der Waals surface area contributed by atoms with Gasteiger partial charge in [-0.15, -0.1) is 0 Å². The molecule has 1 N–H and O–H groups in total. The van der Waals surface area contributed by atoms with E-state index in [1.54, 1.807) is 0 Å². The second-order valence-corrected chi connectivity index (χ2v) is 8.05. The Hall–Kier alpha value is -0.380. The van der Waals surface area contributed by atoms with Crippen LogP contribution in [0.15, 0.2) is 28.7 Å². The third-order valence-corrected chi connectivity index (χ3v) is 5.62. The average molecular weight is 337 g/mol. The summed E-state index contributed by atoms with van der Waals surface area (Å²) in [4.78, 5) is 2.68. The van der Waals surface area contributed by atoms with Gasteiger partial charge in [-0.25, -0.2) is 0 Å². The molecule has 0 atom stereocenters. The molecule has 0 aromatic heterocycles. The fourth-order valence-corrected chi connectivity index (χ4v) is 3.88. The van der Waals surface area contributed by atoms with E-state index in [0.29, 0.717) is 5.54 Å². The van der Waals surface area contributed by atoms with Crippen molar-refractivity contribution in [3.05, 3.63) is 34.3 Å². The minimum atomic E-state index is 0.237. The summed E-state index contributed by atoms with van der Waals surface area (Å²) >= 11 is 3.52. The second kappa shape index (κ2) is 5.43. The van der Waals surface area contributed by atoms with Gasteiger partial charge in [0.1, 0.15) is 0 Å². The Balaban J connectivity index is 1.76. The predicted octanol–water partition coefficient (Wildman–Crippen LogP) is 3.95. The van der Waals surface area contributed by atoms with Crippen LogP contribution in [0.1, 0.15) is 45.1 Å². The highest BCUT2D eigenvalue weighted by Gasteiger charge is 2.43. The first-order chi connectivity index (χ1) is 9.49. The van der Waals surface area contributed by atoms with Crippen molar-refractivity contribution in [2.24, 2.45) is 0 Å². The molecule has 110 valence electrons. The van der Waals surface area contributed by atoms with E-state index in [1.807, 2.05) is 0 Å². The number of rotatable bonds is 2. The molecule has 3 heteroatoms. The highest BCUT2D eigenvalue weighted by molar-refractivity contribution is 9.10. The van der Waals surface area contributed by atoms with Gasteiger partial charge in [0, 0.05) is 35.2 Å². The van der Waals surface area contributed by atoms with Crippen molar-refractivity contribution < 1.29 is 0 Å². The Bertz CT molecular complexity index is 460. The summed E-state index contributed by atoms with van der Waals surface area (Å²) < 4.78 is 1.16. The maximum Gasteiger partial charge on any atom is 0.0309 e. The van der Waals surface area contributed by atoms with Crippen LogP contribution in [-0.2, 0) is 6.54 Å². The largest absolute Gasteiger partial charge is 0.308 e. The Labute approximate surface area is 131 Å². The van der Waals surface area contributed by atoms with E-state index in [-0.39, 0.29) is 5.54 Å². The maximum atomic E-state index is 3.86. The van der Waals surface area contributed by atoms with Crippen LogP contribution in [0.3, 0.4) is 0 Å². The molecule has 1 saturated carbocycles. The van der Waals surface area contributed by atoms with Crippen LogP contribution in [0.2, 0.25) is 0 Å². The zero-order valence-electron chi connectivity index (χ0n) is 12.6. The predicted molar refractivity (Wildman–Crippen MR) is 87.8 cm³/mol. The monoisotopic (exact) mass is 336 g/mol. The van der Waals surface area contributed by atoms with Gasteiger partial charge in [-0.2, -0.15) is 0 Å². The van der Waals surface area contributed by atoms with E-state index >= 15 is 0 Å². The quantitative estimate of drug-likeness (QED) is 0.879. The molecule has 1 aliphatic heterocycles. The van der Waals surface area contributed by atoms with Crippen molar-refractivity contribution in [2.75, 3.05) is 13.1 Å². The van der Waals surface area contributed by atoms with Crippen molar-refractivity contribution in [3.63, 3.8) is 0 Å². The van der Waals surface area contributed by atoms with Gasteiger partial charge >= 0.3 is 0 Å². The van der Waals surface area contributed by atoms with Crippen LogP contribution in [0.5, 0.6) is 0 Å². The summed E-state index contributed by atoms with van der Waals surface area (Å²) in [6, 6.07) is 8.78. The summed E-state index contributed by atoms with van der Waals surface area (Å²) in [5, 5.41) is 3.86. The van der Waals surface area contributed by atoms with Crippen LogP contribution in [0, 0.1) is 0 Å². The van der Waals surface area contributed by atoms with Crippen LogP contribution in [0.4, 0.5) is 0 Å². The van der Waals surface area contributed by atoms with Gasteiger partial charge in [-0.1, -0.05) is 40.9 Å². The molecule has 2 nitrogen and oxygen atoms in total. The van der Waals surface area contributed by atoms with E-state index < -0.39 is 0 Å². The molecule has 0 unspecified atom stereocenters. The summed E-state index contributed by atoms with van der Waals surface area (Å²) in [5.74, 6) is 0. The van der Waals surface area contributed by atoms with Crippen molar-refractivity contribution in [3.8, 4) is 0 Å². The Morgan fingerprint density at radius 3 is 2.45 bits per heavy atom. The second-order valence-electron chi connectivity index (χ2n) is 7.14. The van der Waals surface area contributed by atoms with Crippen LogP contribution in [-0.4, -0.2) is 29.1 Å². The van der Waals surface area contributed by atoms with E-state index in [4.69, 9.17) is 0 Å². The number of hydrogen-bond donors (Lipinski definition) is 1. The molecule has 20 heavy (non-hydrogen) atoms. The molecule has 0 amide bonds. The molecule has 1 spiro atoms. The fraction of sp³-hybridized carbons (Fsp3) is 0.647. The van der Waals surface area contributed by atoms with E-state index in [2.05, 4.69) is 64.3 Å². The lowest BCUT2D eigenvalue weighted by Gasteiger charge is -2.51. The normalized spacial score (nSPS) is 25.1. The number of nitrogens with zero attached hydrogens (tertiary/aromatic N) is 1. The third kappa shape index (κ3) is 2.95. The van der Waals surface area contributed by atoms with E-state index in [9.17, 15) is 0 Å². The third-order valence-electron chi connectivity index (χ3n) is 5.09. The molecule has 1 heterocycles. The molecule has 1 aliphatic carbocycles. The van der Waals surface area contributed by atoms with Gasteiger partial charge in [-0.05, 0) is 44.4 Å². The minimum absolute atomic E-state index is 0.237. The highest BCUT2D eigenvalue weighted by Crippen LogP contribution is 2.36. The number of benzene rings is 1. The summed E-state index contributed by atoms with van der Waals surface area (Å²) in [6.45, 7) is 8.07. The first-order valence-electron chi connectivity index (χ1n) is 7.74. The van der Waals surface area contributed by atoms with Gasteiger partial charge in [0.2, 0.25) is 0 Å². The van der Waals surface area contributed by atoms with Crippen molar-refractivity contribution in [1.82, 2.24) is 10.2 Å². The number of halogens is 1. The zero-order valence-corrected chi connectivity index (χ0v) is 14.2. The van der Waals surface area contributed by atoms with Gasteiger partial charge < -0.3 is 5.32 Å². The van der Waals surface area contributed by atoms with Gasteiger partial charge in [0.15, 0.2) is 0 Å². The number of nitrogens with one attached hydrogen (secondary N) is 1. The number of piperazine rings is 1. The fourth-order valence-electron chi connectivity index (χ4n) is 3.62. The van der Waals surface area contributed by atoms with E-state index in [1.165, 1.54) is 37.8 Å².